The van der Waals surface area contributed by atoms with E-state index in [4.69, 9.17) is 17.3 Å². The number of nitrogens with two attached hydrogens (primary N) is 1. The van der Waals surface area contributed by atoms with Crippen LogP contribution >= 0.6 is 27.5 Å². The molecule has 0 aliphatic rings. The number of allylic oxidation sites excluding steroid dienone is 1. The number of methoxy groups -OCH3 is 1. The molecular formula is C11H11BrClNO2. The van der Waals surface area contributed by atoms with E-state index >= 15 is 0 Å². The predicted octanol–water partition coefficient (Wildman–Crippen LogP) is 3.12. The van der Waals surface area contributed by atoms with E-state index in [-0.39, 0.29) is 0 Å². The summed E-state index contributed by atoms with van der Waals surface area (Å²) in [5, 5.41) is 1.21. The molecule has 0 radical (unpaired) electrons. The molecule has 0 aromatic heterocycles. The summed E-state index contributed by atoms with van der Waals surface area (Å²) < 4.78 is 4.62. The SMILES string of the molecule is COC(=O)c1cc(C=CCBr)c(Cl)cc1N. The van der Waals surface area contributed by atoms with Crippen molar-refractivity contribution in [3.63, 3.8) is 0 Å². The molecule has 1 rings (SSSR count). The fourth-order valence-electron chi connectivity index (χ4n) is 1.19. The van der Waals surface area contributed by atoms with Gasteiger partial charge in [-0.05, 0) is 17.7 Å². The van der Waals surface area contributed by atoms with E-state index in [1.54, 1.807) is 12.1 Å². The maximum absolute atomic E-state index is 11.4. The highest BCUT2D eigenvalue weighted by Crippen LogP contribution is 2.25. The molecule has 86 valence electrons. The topological polar surface area (TPSA) is 52.3 Å². The van der Waals surface area contributed by atoms with E-state index in [1.165, 1.54) is 7.11 Å². The fourth-order valence-corrected chi connectivity index (χ4v) is 1.61. The number of rotatable bonds is 3. The molecule has 0 heterocycles. The molecule has 16 heavy (non-hydrogen) atoms. The zero-order chi connectivity index (χ0) is 12.1. The minimum absolute atomic E-state index is 0.313. The van der Waals surface area contributed by atoms with Gasteiger partial charge < -0.3 is 10.5 Å². The Morgan fingerprint density at radius 2 is 2.31 bits per heavy atom. The number of ether oxygens (including phenoxy) is 1. The highest BCUT2D eigenvalue weighted by atomic mass is 79.9. The van der Waals surface area contributed by atoms with Crippen LogP contribution < -0.4 is 5.73 Å². The van der Waals surface area contributed by atoms with Crippen molar-refractivity contribution in [3.05, 3.63) is 34.4 Å². The van der Waals surface area contributed by atoms with Crippen molar-refractivity contribution in [1.82, 2.24) is 0 Å². The van der Waals surface area contributed by atoms with Gasteiger partial charge in [-0.15, -0.1) is 0 Å². The van der Waals surface area contributed by atoms with Crippen molar-refractivity contribution in [1.29, 1.82) is 0 Å². The number of carbonyl (C=O) groups is 1. The summed E-state index contributed by atoms with van der Waals surface area (Å²) in [4.78, 5) is 11.4. The number of nitrogen functional groups attached to an aromatic ring is 1. The van der Waals surface area contributed by atoms with Gasteiger partial charge in [0.2, 0.25) is 0 Å². The van der Waals surface area contributed by atoms with E-state index in [1.807, 2.05) is 12.2 Å². The second-order valence-electron chi connectivity index (χ2n) is 3.01. The summed E-state index contributed by atoms with van der Waals surface area (Å²) in [6, 6.07) is 3.16. The number of anilines is 1. The van der Waals surface area contributed by atoms with Gasteiger partial charge in [0, 0.05) is 16.0 Å². The standard InChI is InChI=1S/C11H11BrClNO2/c1-16-11(15)8-5-7(3-2-4-12)9(13)6-10(8)14/h2-3,5-6H,4,14H2,1H3. The van der Waals surface area contributed by atoms with Crippen LogP contribution in [0.25, 0.3) is 6.08 Å². The lowest BCUT2D eigenvalue weighted by molar-refractivity contribution is 0.0602. The zero-order valence-corrected chi connectivity index (χ0v) is 11.0. The molecule has 0 saturated heterocycles. The quantitative estimate of drug-likeness (QED) is 0.530. The van der Waals surface area contributed by atoms with Gasteiger partial charge in [0.05, 0.1) is 12.7 Å². The molecule has 0 atom stereocenters. The number of alkyl halides is 1. The monoisotopic (exact) mass is 303 g/mol. The van der Waals surface area contributed by atoms with Gasteiger partial charge in [0.15, 0.2) is 0 Å². The van der Waals surface area contributed by atoms with Crippen LogP contribution in [0.4, 0.5) is 5.69 Å². The van der Waals surface area contributed by atoms with Gasteiger partial charge in [-0.2, -0.15) is 0 Å². The van der Waals surface area contributed by atoms with E-state index in [0.29, 0.717) is 21.6 Å². The van der Waals surface area contributed by atoms with Gasteiger partial charge in [0.25, 0.3) is 0 Å². The Labute approximate surface area is 107 Å². The molecule has 1 aromatic carbocycles. The molecule has 0 aliphatic heterocycles. The first-order valence-corrected chi connectivity index (χ1v) is 6.00. The molecule has 0 amide bonds. The number of hydrogen-bond acceptors (Lipinski definition) is 3. The second kappa shape index (κ2) is 5.92. The van der Waals surface area contributed by atoms with Gasteiger partial charge in [-0.1, -0.05) is 39.7 Å². The predicted molar refractivity (Wildman–Crippen MR) is 70.0 cm³/mol. The molecule has 0 fully saturated rings. The maximum Gasteiger partial charge on any atom is 0.339 e. The summed E-state index contributed by atoms with van der Waals surface area (Å²) in [5.41, 5.74) is 7.04. The summed E-state index contributed by atoms with van der Waals surface area (Å²) in [7, 11) is 1.31. The Morgan fingerprint density at radius 3 is 2.88 bits per heavy atom. The van der Waals surface area contributed by atoms with Crippen molar-refractivity contribution in [2.45, 2.75) is 0 Å². The summed E-state index contributed by atoms with van der Waals surface area (Å²) in [5.74, 6) is -0.470. The number of halogens is 2. The molecule has 0 spiro atoms. The van der Waals surface area contributed by atoms with Crippen LogP contribution in [0, 0.1) is 0 Å². The minimum Gasteiger partial charge on any atom is -0.465 e. The van der Waals surface area contributed by atoms with Crippen LogP contribution in [0.2, 0.25) is 5.02 Å². The third kappa shape index (κ3) is 3.00. The number of benzene rings is 1. The average molecular weight is 305 g/mol. The van der Waals surface area contributed by atoms with E-state index in [0.717, 1.165) is 5.56 Å². The number of carbonyl (C=O) groups excluding carboxylic acids is 1. The third-order valence-corrected chi connectivity index (χ3v) is 2.66. The van der Waals surface area contributed by atoms with Crippen molar-refractivity contribution in [3.8, 4) is 0 Å². The highest BCUT2D eigenvalue weighted by molar-refractivity contribution is 9.09. The largest absolute Gasteiger partial charge is 0.465 e. The summed E-state index contributed by atoms with van der Waals surface area (Å²) in [6.45, 7) is 0. The molecular weight excluding hydrogens is 293 g/mol. The molecule has 0 aliphatic carbocycles. The van der Waals surface area contributed by atoms with Crippen molar-refractivity contribution >= 4 is 45.3 Å². The Bertz CT molecular complexity index is 432. The van der Waals surface area contributed by atoms with Crippen LogP contribution in [-0.2, 0) is 4.74 Å². The van der Waals surface area contributed by atoms with E-state index < -0.39 is 5.97 Å². The lowest BCUT2D eigenvalue weighted by Gasteiger charge is -2.06. The van der Waals surface area contributed by atoms with Gasteiger partial charge in [-0.25, -0.2) is 4.79 Å². The van der Waals surface area contributed by atoms with Crippen molar-refractivity contribution < 1.29 is 9.53 Å². The van der Waals surface area contributed by atoms with Crippen LogP contribution in [0.1, 0.15) is 15.9 Å². The molecule has 1 aromatic rings. The van der Waals surface area contributed by atoms with Crippen LogP contribution in [0.3, 0.4) is 0 Å². The summed E-state index contributed by atoms with van der Waals surface area (Å²) in [6.07, 6.45) is 3.68. The van der Waals surface area contributed by atoms with Crippen molar-refractivity contribution in [2.24, 2.45) is 0 Å². The minimum atomic E-state index is -0.470. The van der Waals surface area contributed by atoms with Crippen LogP contribution in [0.5, 0.6) is 0 Å². The van der Waals surface area contributed by atoms with Crippen LogP contribution in [0.15, 0.2) is 18.2 Å². The molecule has 2 N–H and O–H groups in total. The highest BCUT2D eigenvalue weighted by Gasteiger charge is 2.12. The Kier molecular flexibility index (Phi) is 4.83. The molecule has 3 nitrogen and oxygen atoms in total. The van der Waals surface area contributed by atoms with E-state index in [2.05, 4.69) is 20.7 Å². The van der Waals surface area contributed by atoms with Gasteiger partial charge in [-0.3, -0.25) is 0 Å². The Balaban J connectivity index is 3.21. The average Bonchev–Trinajstić information content (AvgIpc) is 2.27. The van der Waals surface area contributed by atoms with Crippen molar-refractivity contribution in [2.75, 3.05) is 18.2 Å². The first-order valence-electron chi connectivity index (χ1n) is 4.50. The van der Waals surface area contributed by atoms with E-state index in [9.17, 15) is 4.79 Å². The normalized spacial score (nSPS) is 10.7. The first kappa shape index (κ1) is 13.1. The molecule has 0 unspecified atom stereocenters. The zero-order valence-electron chi connectivity index (χ0n) is 8.67. The third-order valence-electron chi connectivity index (χ3n) is 1.96. The lowest BCUT2D eigenvalue weighted by atomic mass is 10.1. The molecule has 0 bridgehead atoms. The smallest absolute Gasteiger partial charge is 0.339 e. The first-order chi connectivity index (χ1) is 7.60. The fraction of sp³-hybridized carbons (Fsp3) is 0.182. The van der Waals surface area contributed by atoms with Gasteiger partial charge in [0.1, 0.15) is 0 Å². The number of hydrogen-bond donors (Lipinski definition) is 1. The number of esters is 1. The Morgan fingerprint density at radius 1 is 1.62 bits per heavy atom. The lowest BCUT2D eigenvalue weighted by Crippen LogP contribution is -2.06. The Hall–Kier alpha value is -1.00. The van der Waals surface area contributed by atoms with Gasteiger partial charge >= 0.3 is 5.97 Å². The molecule has 5 heteroatoms. The summed E-state index contributed by atoms with van der Waals surface area (Å²) >= 11 is 9.25. The second-order valence-corrected chi connectivity index (χ2v) is 4.06. The maximum atomic E-state index is 11.4. The van der Waals surface area contributed by atoms with Crippen LogP contribution in [-0.4, -0.2) is 18.4 Å². The molecule has 0 saturated carbocycles.